The number of unbranched alkanes of at least 4 members (excludes halogenated alkanes) is 4. The average molecular weight is 359 g/mol. The molecule has 0 radical (unpaired) electrons. The Bertz CT molecular complexity index is 313. The topological polar surface area (TPSA) is 40.2 Å². The van der Waals surface area contributed by atoms with Gasteiger partial charge in [-0.05, 0) is 12.8 Å². The van der Waals surface area contributed by atoms with Gasteiger partial charge in [0.15, 0.2) is 5.79 Å². The Hall–Kier alpha value is -0.160. The van der Waals surface area contributed by atoms with Crippen LogP contribution in [0.3, 0.4) is 0 Å². The van der Waals surface area contributed by atoms with Crippen molar-refractivity contribution in [2.45, 2.75) is 103 Å². The molecule has 3 unspecified atom stereocenters. The first-order valence-electron chi connectivity index (χ1n) is 10.5. The fourth-order valence-electron chi connectivity index (χ4n) is 3.87. The second-order valence-corrected chi connectivity index (χ2v) is 7.40. The van der Waals surface area contributed by atoms with Gasteiger partial charge in [0.2, 0.25) is 0 Å². The van der Waals surface area contributed by atoms with Crippen molar-refractivity contribution in [2.75, 3.05) is 27.4 Å². The van der Waals surface area contributed by atoms with Gasteiger partial charge in [-0.2, -0.15) is 0 Å². The summed E-state index contributed by atoms with van der Waals surface area (Å²) < 4.78 is 23.6. The van der Waals surface area contributed by atoms with E-state index in [0.717, 1.165) is 38.7 Å². The molecule has 4 heteroatoms. The zero-order valence-corrected chi connectivity index (χ0v) is 17.4. The van der Waals surface area contributed by atoms with Crippen molar-refractivity contribution in [3.63, 3.8) is 0 Å². The van der Waals surface area contributed by atoms with Crippen molar-refractivity contribution < 1.29 is 18.9 Å². The molecular formula is C21H42O4. The van der Waals surface area contributed by atoms with Gasteiger partial charge in [0.25, 0.3) is 0 Å². The maximum atomic E-state index is 6.36. The van der Waals surface area contributed by atoms with E-state index in [9.17, 15) is 0 Å². The van der Waals surface area contributed by atoms with Crippen molar-refractivity contribution >= 4 is 0 Å². The van der Waals surface area contributed by atoms with Gasteiger partial charge in [0, 0.05) is 26.6 Å². The van der Waals surface area contributed by atoms with E-state index in [2.05, 4.69) is 20.8 Å². The largest absolute Gasteiger partial charge is 0.375 e. The van der Waals surface area contributed by atoms with Crippen LogP contribution in [0, 0.1) is 5.92 Å². The summed E-state index contributed by atoms with van der Waals surface area (Å²) in [4.78, 5) is 0. The molecule has 0 bridgehead atoms. The number of rotatable bonds is 17. The number of methoxy groups -OCH3 is 2. The highest BCUT2D eigenvalue weighted by Gasteiger charge is 2.43. The summed E-state index contributed by atoms with van der Waals surface area (Å²) >= 11 is 0. The van der Waals surface area contributed by atoms with Crippen LogP contribution in [-0.2, 0) is 18.9 Å². The van der Waals surface area contributed by atoms with Gasteiger partial charge in [0.1, 0.15) is 6.10 Å². The number of epoxide rings is 1. The Kier molecular flexibility index (Phi) is 12.0. The third-order valence-corrected chi connectivity index (χ3v) is 5.39. The van der Waals surface area contributed by atoms with Gasteiger partial charge in [-0.1, -0.05) is 65.7 Å². The highest BCUT2D eigenvalue weighted by atomic mass is 16.7. The molecule has 25 heavy (non-hydrogen) atoms. The van der Waals surface area contributed by atoms with E-state index in [1.807, 2.05) is 0 Å². The third-order valence-electron chi connectivity index (χ3n) is 5.39. The third kappa shape index (κ3) is 7.94. The Morgan fingerprint density at radius 1 is 0.920 bits per heavy atom. The molecule has 0 spiro atoms. The predicted molar refractivity (Wildman–Crippen MR) is 103 cm³/mol. The molecule has 1 fully saturated rings. The number of hydrogen-bond donors (Lipinski definition) is 0. The Morgan fingerprint density at radius 3 is 2.12 bits per heavy atom. The van der Waals surface area contributed by atoms with Gasteiger partial charge in [0.05, 0.1) is 19.3 Å². The molecule has 0 amide bonds. The lowest BCUT2D eigenvalue weighted by Crippen LogP contribution is -2.48. The van der Waals surface area contributed by atoms with Crippen molar-refractivity contribution in [2.24, 2.45) is 5.92 Å². The standard InChI is InChI=1S/C21H42O4/c1-6-9-10-11-12-14-20(25-17-18-16-24-18)19(13-7-2)21(22-4,23-5)15-8-3/h18-20H,6-17H2,1-5H3. The smallest absolute Gasteiger partial charge is 0.172 e. The molecule has 1 aliphatic heterocycles. The first-order valence-corrected chi connectivity index (χ1v) is 10.5. The maximum absolute atomic E-state index is 6.36. The first kappa shape index (κ1) is 22.9. The minimum atomic E-state index is -0.538. The molecule has 150 valence electrons. The van der Waals surface area contributed by atoms with E-state index in [-0.39, 0.29) is 12.0 Å². The normalized spacial score (nSPS) is 19.8. The molecule has 0 N–H and O–H groups in total. The monoisotopic (exact) mass is 358 g/mol. The highest BCUT2D eigenvalue weighted by molar-refractivity contribution is 4.86. The van der Waals surface area contributed by atoms with Gasteiger partial charge >= 0.3 is 0 Å². The number of hydrogen-bond acceptors (Lipinski definition) is 4. The molecule has 1 rings (SSSR count). The summed E-state index contributed by atoms with van der Waals surface area (Å²) in [5.41, 5.74) is 0. The van der Waals surface area contributed by atoms with E-state index < -0.39 is 5.79 Å². The molecule has 1 saturated heterocycles. The summed E-state index contributed by atoms with van der Waals surface area (Å²) in [6, 6.07) is 0. The second-order valence-electron chi connectivity index (χ2n) is 7.40. The Balaban J connectivity index is 2.76. The van der Waals surface area contributed by atoms with Gasteiger partial charge in [-0.25, -0.2) is 0 Å². The zero-order chi connectivity index (χ0) is 18.5. The van der Waals surface area contributed by atoms with E-state index in [0.29, 0.717) is 12.7 Å². The lowest BCUT2D eigenvalue weighted by molar-refractivity contribution is -0.266. The second kappa shape index (κ2) is 13.1. The molecule has 1 heterocycles. The predicted octanol–water partition coefficient (Wildman–Crippen LogP) is 5.34. The quantitative estimate of drug-likeness (QED) is 0.200. The minimum Gasteiger partial charge on any atom is -0.375 e. The summed E-state index contributed by atoms with van der Waals surface area (Å²) in [5.74, 6) is -0.277. The highest BCUT2D eigenvalue weighted by Crippen LogP contribution is 2.37. The molecule has 0 aliphatic carbocycles. The van der Waals surface area contributed by atoms with Crippen molar-refractivity contribution in [1.29, 1.82) is 0 Å². The lowest BCUT2D eigenvalue weighted by Gasteiger charge is -2.42. The van der Waals surface area contributed by atoms with E-state index in [1.54, 1.807) is 14.2 Å². The summed E-state index contributed by atoms with van der Waals surface area (Å²) in [5, 5.41) is 0. The molecule has 0 aromatic rings. The van der Waals surface area contributed by atoms with Crippen molar-refractivity contribution in [1.82, 2.24) is 0 Å². The zero-order valence-electron chi connectivity index (χ0n) is 17.4. The Morgan fingerprint density at radius 2 is 1.60 bits per heavy atom. The SMILES string of the molecule is CCCCCCCC(OCC1CO1)C(CCC)C(CCC)(OC)OC. The van der Waals surface area contributed by atoms with Crippen LogP contribution < -0.4 is 0 Å². The molecule has 0 saturated carbocycles. The van der Waals surface area contributed by atoms with Crippen molar-refractivity contribution in [3.8, 4) is 0 Å². The summed E-state index contributed by atoms with van der Waals surface area (Å²) in [6.45, 7) is 8.23. The van der Waals surface area contributed by atoms with Crippen LogP contribution in [0.5, 0.6) is 0 Å². The van der Waals surface area contributed by atoms with Crippen LogP contribution in [0.25, 0.3) is 0 Å². The van der Waals surface area contributed by atoms with Gasteiger partial charge in [-0.3, -0.25) is 0 Å². The van der Waals surface area contributed by atoms with Crippen LogP contribution in [0.4, 0.5) is 0 Å². The molecule has 3 atom stereocenters. The average Bonchev–Trinajstić information content (AvgIpc) is 3.45. The molecule has 4 nitrogen and oxygen atoms in total. The summed E-state index contributed by atoms with van der Waals surface area (Å²) in [7, 11) is 3.56. The van der Waals surface area contributed by atoms with E-state index in [4.69, 9.17) is 18.9 Å². The van der Waals surface area contributed by atoms with Crippen LogP contribution in [0.2, 0.25) is 0 Å². The minimum absolute atomic E-state index is 0.178. The molecule has 1 aliphatic rings. The molecular weight excluding hydrogens is 316 g/mol. The van der Waals surface area contributed by atoms with Crippen LogP contribution in [0.15, 0.2) is 0 Å². The van der Waals surface area contributed by atoms with Crippen molar-refractivity contribution in [3.05, 3.63) is 0 Å². The lowest BCUT2D eigenvalue weighted by atomic mass is 9.83. The van der Waals surface area contributed by atoms with Gasteiger partial charge < -0.3 is 18.9 Å². The van der Waals surface area contributed by atoms with E-state index in [1.165, 1.54) is 32.1 Å². The van der Waals surface area contributed by atoms with Crippen LogP contribution in [-0.4, -0.2) is 45.4 Å². The molecule has 0 aromatic carbocycles. The fraction of sp³-hybridized carbons (Fsp3) is 1.00. The van der Waals surface area contributed by atoms with Crippen LogP contribution in [0.1, 0.15) is 85.0 Å². The molecule has 0 aromatic heterocycles. The number of ether oxygens (including phenoxy) is 4. The van der Waals surface area contributed by atoms with E-state index >= 15 is 0 Å². The first-order chi connectivity index (χ1) is 12.2. The maximum Gasteiger partial charge on any atom is 0.172 e. The van der Waals surface area contributed by atoms with Gasteiger partial charge in [-0.15, -0.1) is 0 Å². The van der Waals surface area contributed by atoms with Crippen LogP contribution >= 0.6 is 0 Å². The Labute approximate surface area is 155 Å². The fourth-order valence-corrected chi connectivity index (χ4v) is 3.87. The summed E-state index contributed by atoms with van der Waals surface area (Å²) in [6.07, 6.45) is 12.1.